The number of carbonyl (C=O) groups excluding carboxylic acids is 2. The first-order chi connectivity index (χ1) is 9.91. The molecule has 2 unspecified atom stereocenters. The van der Waals surface area contributed by atoms with Gasteiger partial charge in [0.25, 0.3) is 0 Å². The smallest absolute Gasteiger partial charge is 0.327 e. The van der Waals surface area contributed by atoms with Gasteiger partial charge >= 0.3 is 5.97 Å². The van der Waals surface area contributed by atoms with Crippen LogP contribution >= 0.6 is 11.8 Å². The van der Waals surface area contributed by atoms with Gasteiger partial charge < -0.3 is 15.3 Å². The molecule has 6 nitrogen and oxygen atoms in total. The van der Waals surface area contributed by atoms with Crippen molar-refractivity contribution in [2.24, 2.45) is 0 Å². The number of nitrogens with zero attached hydrogens (tertiary/aromatic N) is 1. The number of carboxylic acids is 1. The van der Waals surface area contributed by atoms with Crippen LogP contribution in [0.3, 0.4) is 0 Å². The number of thioether (sulfide) groups is 1. The number of likely N-dealkylation sites (tertiary alicyclic amines) is 1. The maximum absolute atomic E-state index is 12.3. The molecule has 1 aliphatic heterocycles. The van der Waals surface area contributed by atoms with E-state index < -0.39 is 12.0 Å². The second-order valence-electron chi connectivity index (χ2n) is 5.31. The fraction of sp³-hybridized carbons (Fsp3) is 0.786. The molecule has 7 heteroatoms. The Morgan fingerprint density at radius 1 is 1.19 bits per heavy atom. The monoisotopic (exact) mass is 316 g/mol. The molecule has 0 spiro atoms. The van der Waals surface area contributed by atoms with Gasteiger partial charge in [-0.15, -0.1) is 11.8 Å². The minimum atomic E-state index is -1.08. The van der Waals surface area contributed by atoms with Crippen molar-refractivity contribution < 1.29 is 19.5 Å². The molecule has 120 valence electrons. The second-order valence-corrected chi connectivity index (χ2v) is 6.68. The predicted octanol–water partition coefficient (Wildman–Crippen LogP) is 1.10. The Kier molecular flexibility index (Phi) is 7.56. The zero-order chi connectivity index (χ0) is 15.8. The molecule has 0 aromatic rings. The van der Waals surface area contributed by atoms with E-state index in [9.17, 15) is 14.4 Å². The SMILES string of the molecule is CC(=O)NC(CSC(C)C(=O)N1CCCCCC1)C(=O)O. The van der Waals surface area contributed by atoms with E-state index in [4.69, 9.17) is 5.11 Å². The third kappa shape index (κ3) is 6.37. The normalized spacial score (nSPS) is 18.5. The van der Waals surface area contributed by atoms with Gasteiger partial charge in [-0.1, -0.05) is 12.8 Å². The summed E-state index contributed by atoms with van der Waals surface area (Å²) in [5.74, 6) is -1.20. The van der Waals surface area contributed by atoms with Gasteiger partial charge in [-0.25, -0.2) is 4.79 Å². The topological polar surface area (TPSA) is 86.7 Å². The van der Waals surface area contributed by atoms with E-state index in [1.54, 1.807) is 6.92 Å². The van der Waals surface area contributed by atoms with Crippen molar-refractivity contribution in [1.82, 2.24) is 10.2 Å². The van der Waals surface area contributed by atoms with Crippen molar-refractivity contribution in [2.75, 3.05) is 18.8 Å². The number of rotatable bonds is 6. The summed E-state index contributed by atoms with van der Waals surface area (Å²) in [7, 11) is 0. The molecule has 0 saturated carbocycles. The summed E-state index contributed by atoms with van der Waals surface area (Å²) >= 11 is 1.28. The molecule has 0 aliphatic carbocycles. The van der Waals surface area contributed by atoms with E-state index in [-0.39, 0.29) is 22.8 Å². The summed E-state index contributed by atoms with van der Waals surface area (Å²) in [6.07, 6.45) is 4.39. The summed E-state index contributed by atoms with van der Waals surface area (Å²) in [6, 6.07) is -0.952. The van der Waals surface area contributed by atoms with Crippen molar-refractivity contribution in [3.63, 3.8) is 0 Å². The highest BCUT2D eigenvalue weighted by atomic mass is 32.2. The highest BCUT2D eigenvalue weighted by Crippen LogP contribution is 2.18. The van der Waals surface area contributed by atoms with Gasteiger partial charge in [-0.05, 0) is 19.8 Å². The van der Waals surface area contributed by atoms with Crippen molar-refractivity contribution >= 4 is 29.5 Å². The number of aliphatic carboxylic acids is 1. The van der Waals surface area contributed by atoms with Crippen LogP contribution in [0.25, 0.3) is 0 Å². The Morgan fingerprint density at radius 3 is 2.24 bits per heavy atom. The summed E-state index contributed by atoms with van der Waals surface area (Å²) in [5.41, 5.74) is 0. The van der Waals surface area contributed by atoms with E-state index in [1.807, 2.05) is 4.90 Å². The number of carbonyl (C=O) groups is 3. The first-order valence-electron chi connectivity index (χ1n) is 7.32. The van der Waals surface area contributed by atoms with E-state index >= 15 is 0 Å². The van der Waals surface area contributed by atoms with E-state index in [0.717, 1.165) is 38.8 Å². The first-order valence-corrected chi connectivity index (χ1v) is 8.37. The lowest BCUT2D eigenvalue weighted by molar-refractivity contribution is -0.140. The van der Waals surface area contributed by atoms with Gasteiger partial charge in [0.05, 0.1) is 5.25 Å². The van der Waals surface area contributed by atoms with Gasteiger partial charge in [-0.3, -0.25) is 9.59 Å². The Balaban J connectivity index is 2.46. The average molecular weight is 316 g/mol. The Morgan fingerprint density at radius 2 is 1.76 bits per heavy atom. The van der Waals surface area contributed by atoms with Crippen molar-refractivity contribution in [3.8, 4) is 0 Å². The molecule has 1 rings (SSSR count). The van der Waals surface area contributed by atoms with Gasteiger partial charge in [-0.2, -0.15) is 0 Å². The third-order valence-corrected chi connectivity index (χ3v) is 4.68. The summed E-state index contributed by atoms with van der Waals surface area (Å²) in [4.78, 5) is 36.2. The molecule has 0 aromatic heterocycles. The van der Waals surface area contributed by atoms with E-state index in [1.165, 1.54) is 18.7 Å². The minimum absolute atomic E-state index is 0.0638. The van der Waals surface area contributed by atoms with Gasteiger partial charge in [0.1, 0.15) is 6.04 Å². The molecule has 0 aromatic carbocycles. The van der Waals surface area contributed by atoms with Crippen LogP contribution in [0.15, 0.2) is 0 Å². The maximum Gasteiger partial charge on any atom is 0.327 e. The summed E-state index contributed by atoms with van der Waals surface area (Å²) in [5, 5.41) is 11.1. The zero-order valence-corrected chi connectivity index (χ0v) is 13.4. The molecular formula is C14H24N2O4S. The Bertz CT molecular complexity index is 381. The van der Waals surface area contributed by atoms with Crippen LogP contribution in [0.1, 0.15) is 39.5 Å². The highest BCUT2D eigenvalue weighted by Gasteiger charge is 2.25. The molecule has 2 atom stereocenters. The number of amides is 2. The van der Waals surface area contributed by atoms with Crippen LogP contribution in [0.4, 0.5) is 0 Å². The average Bonchev–Trinajstić information content (AvgIpc) is 2.70. The number of carboxylic acid groups (broad SMARTS) is 1. The van der Waals surface area contributed by atoms with Crippen LogP contribution in [0.2, 0.25) is 0 Å². The molecule has 2 N–H and O–H groups in total. The maximum atomic E-state index is 12.3. The number of hydrogen-bond donors (Lipinski definition) is 2. The lowest BCUT2D eigenvalue weighted by Gasteiger charge is -2.24. The molecular weight excluding hydrogens is 292 g/mol. The molecule has 1 aliphatic rings. The van der Waals surface area contributed by atoms with Gasteiger partial charge in [0.2, 0.25) is 11.8 Å². The molecule has 1 saturated heterocycles. The second kappa shape index (κ2) is 8.92. The standard InChI is InChI=1S/C14H24N2O4S/c1-10(13(18)16-7-5-3-4-6-8-16)21-9-12(14(19)20)15-11(2)17/h10,12H,3-9H2,1-2H3,(H,15,17)(H,19,20). The largest absolute Gasteiger partial charge is 0.480 e. The Labute approximate surface area is 129 Å². The fourth-order valence-electron chi connectivity index (χ4n) is 2.28. The van der Waals surface area contributed by atoms with Crippen LogP contribution in [0.5, 0.6) is 0 Å². The predicted molar refractivity (Wildman–Crippen MR) is 82.2 cm³/mol. The number of nitrogens with one attached hydrogen (secondary N) is 1. The van der Waals surface area contributed by atoms with Crippen molar-refractivity contribution in [3.05, 3.63) is 0 Å². The van der Waals surface area contributed by atoms with E-state index in [2.05, 4.69) is 5.32 Å². The lowest BCUT2D eigenvalue weighted by atomic mass is 10.2. The highest BCUT2D eigenvalue weighted by molar-refractivity contribution is 8.00. The molecule has 0 bridgehead atoms. The van der Waals surface area contributed by atoms with Crippen molar-refractivity contribution in [2.45, 2.75) is 50.8 Å². The van der Waals surface area contributed by atoms with E-state index in [0.29, 0.717) is 0 Å². The summed E-state index contributed by atoms with van der Waals surface area (Å²) in [6.45, 7) is 4.66. The quantitative estimate of drug-likeness (QED) is 0.766. The lowest BCUT2D eigenvalue weighted by Crippen LogP contribution is -2.43. The molecule has 21 heavy (non-hydrogen) atoms. The molecule has 1 heterocycles. The molecule has 1 fully saturated rings. The van der Waals surface area contributed by atoms with Crippen LogP contribution in [-0.2, 0) is 14.4 Å². The van der Waals surface area contributed by atoms with Gasteiger partial charge in [0.15, 0.2) is 0 Å². The first kappa shape index (κ1) is 17.8. The minimum Gasteiger partial charge on any atom is -0.480 e. The van der Waals surface area contributed by atoms with Gasteiger partial charge in [0, 0.05) is 25.8 Å². The molecule has 2 amide bonds. The zero-order valence-electron chi connectivity index (χ0n) is 12.6. The number of hydrogen-bond acceptors (Lipinski definition) is 4. The molecule has 0 radical (unpaired) electrons. The van der Waals surface area contributed by atoms with Crippen LogP contribution in [-0.4, -0.2) is 57.9 Å². The summed E-state index contributed by atoms with van der Waals surface area (Å²) < 4.78 is 0. The van der Waals surface area contributed by atoms with Crippen LogP contribution < -0.4 is 5.32 Å². The van der Waals surface area contributed by atoms with Crippen molar-refractivity contribution in [1.29, 1.82) is 0 Å². The third-order valence-electron chi connectivity index (χ3n) is 3.45. The fourth-order valence-corrected chi connectivity index (χ4v) is 3.28. The Hall–Kier alpha value is -1.24. The van der Waals surface area contributed by atoms with Crippen LogP contribution in [0, 0.1) is 0 Å².